The van der Waals surface area contributed by atoms with E-state index in [2.05, 4.69) is 31.2 Å². The molecule has 7 heteroatoms. The van der Waals surface area contributed by atoms with Crippen molar-refractivity contribution >= 4 is 21.6 Å². The monoisotopic (exact) mass is 239 g/mol. The fourth-order valence-electron chi connectivity index (χ4n) is 0.917. The van der Waals surface area contributed by atoms with Crippen molar-refractivity contribution in [2.75, 3.05) is 0 Å². The lowest BCUT2D eigenvalue weighted by molar-refractivity contribution is 0.841. The molecule has 0 atom stereocenters. The number of aromatic amines is 1. The molecule has 2 heterocycles. The van der Waals surface area contributed by atoms with Crippen LogP contribution in [0.15, 0.2) is 15.5 Å². The molecule has 0 saturated heterocycles. The van der Waals surface area contributed by atoms with Gasteiger partial charge in [0, 0.05) is 6.20 Å². The highest BCUT2D eigenvalue weighted by Gasteiger charge is 2.08. The smallest absolute Gasteiger partial charge is 0.296 e. The first-order chi connectivity index (χ1) is 6.24. The molecular formula is C6H2BrN5O. The van der Waals surface area contributed by atoms with Crippen LogP contribution in [0.25, 0.3) is 5.65 Å². The zero-order valence-corrected chi connectivity index (χ0v) is 7.74. The molecule has 0 aliphatic carbocycles. The van der Waals surface area contributed by atoms with Gasteiger partial charge in [0.1, 0.15) is 6.07 Å². The lowest BCUT2D eigenvalue weighted by Gasteiger charge is -1.90. The Kier molecular flexibility index (Phi) is 1.63. The predicted molar refractivity (Wildman–Crippen MR) is 46.0 cm³/mol. The van der Waals surface area contributed by atoms with Gasteiger partial charge in [-0.1, -0.05) is 0 Å². The first-order valence-corrected chi connectivity index (χ1v) is 4.06. The van der Waals surface area contributed by atoms with Gasteiger partial charge in [0.05, 0.1) is 4.47 Å². The maximum Gasteiger partial charge on any atom is 0.309 e. The van der Waals surface area contributed by atoms with Crippen molar-refractivity contribution < 1.29 is 0 Å². The van der Waals surface area contributed by atoms with E-state index in [1.165, 1.54) is 0 Å². The molecule has 0 fully saturated rings. The van der Waals surface area contributed by atoms with Crippen LogP contribution in [0.2, 0.25) is 0 Å². The summed E-state index contributed by atoms with van der Waals surface area (Å²) >= 11 is 3.17. The van der Waals surface area contributed by atoms with Crippen molar-refractivity contribution in [2.45, 2.75) is 0 Å². The fraction of sp³-hybridized carbons (Fsp3) is 0. The Morgan fingerprint density at radius 1 is 1.62 bits per heavy atom. The molecule has 0 saturated carbocycles. The molecule has 0 bridgehead atoms. The fourth-order valence-corrected chi connectivity index (χ4v) is 1.28. The Hall–Kier alpha value is -1.68. The van der Waals surface area contributed by atoms with Crippen LogP contribution in [0, 0.1) is 11.3 Å². The summed E-state index contributed by atoms with van der Waals surface area (Å²) in [5.74, 6) is 0. The van der Waals surface area contributed by atoms with Gasteiger partial charge in [-0.3, -0.25) is 9.89 Å². The molecule has 1 N–H and O–H groups in total. The molecule has 6 nitrogen and oxygen atoms in total. The Bertz CT molecular complexity index is 562. The minimum atomic E-state index is -0.502. The molecule has 2 aromatic rings. The number of nitriles is 1. The highest BCUT2D eigenvalue weighted by atomic mass is 79.9. The van der Waals surface area contributed by atoms with Gasteiger partial charge in [0.15, 0.2) is 5.65 Å². The van der Waals surface area contributed by atoms with Crippen molar-refractivity contribution in [1.29, 1.82) is 5.26 Å². The third-order valence-corrected chi connectivity index (χ3v) is 2.09. The van der Waals surface area contributed by atoms with Crippen molar-refractivity contribution in [1.82, 2.24) is 19.8 Å². The molecule has 0 spiro atoms. The van der Waals surface area contributed by atoms with E-state index in [0.29, 0.717) is 10.1 Å². The van der Waals surface area contributed by atoms with Gasteiger partial charge >= 0.3 is 5.56 Å². The van der Waals surface area contributed by atoms with E-state index in [4.69, 9.17) is 5.26 Å². The normalized spacial score (nSPS) is 10.2. The van der Waals surface area contributed by atoms with Gasteiger partial charge < -0.3 is 0 Å². The average Bonchev–Trinajstić information content (AvgIpc) is 2.50. The maximum absolute atomic E-state index is 11.4. The second-order valence-electron chi connectivity index (χ2n) is 2.25. The number of hydrogen-bond donors (Lipinski definition) is 1. The van der Waals surface area contributed by atoms with Gasteiger partial charge in [-0.15, -0.1) is 10.2 Å². The second-order valence-corrected chi connectivity index (χ2v) is 3.10. The Balaban J connectivity index is 2.99. The van der Waals surface area contributed by atoms with E-state index >= 15 is 0 Å². The van der Waals surface area contributed by atoms with Crippen LogP contribution in [0.1, 0.15) is 5.69 Å². The molecule has 13 heavy (non-hydrogen) atoms. The lowest BCUT2D eigenvalue weighted by Crippen LogP contribution is -2.19. The maximum atomic E-state index is 11.4. The largest absolute Gasteiger partial charge is 0.309 e. The Morgan fingerprint density at radius 3 is 3.08 bits per heavy atom. The molecule has 0 aromatic carbocycles. The first-order valence-electron chi connectivity index (χ1n) is 3.26. The van der Waals surface area contributed by atoms with Crippen LogP contribution in [-0.2, 0) is 0 Å². The summed E-state index contributed by atoms with van der Waals surface area (Å²) < 4.78 is 1.77. The number of H-pyrrole nitrogens is 1. The summed E-state index contributed by atoms with van der Waals surface area (Å²) in [6, 6.07) is 1.65. The second kappa shape index (κ2) is 2.67. The third-order valence-electron chi connectivity index (χ3n) is 1.50. The number of nitrogens with one attached hydrogen (secondary N) is 1. The summed E-state index contributed by atoms with van der Waals surface area (Å²) in [4.78, 5) is 11.4. The minimum Gasteiger partial charge on any atom is -0.296 e. The van der Waals surface area contributed by atoms with Crippen molar-refractivity contribution in [3.8, 4) is 6.07 Å². The van der Waals surface area contributed by atoms with Crippen LogP contribution in [0.3, 0.4) is 0 Å². The van der Waals surface area contributed by atoms with Gasteiger partial charge in [-0.2, -0.15) is 9.78 Å². The SMILES string of the molecule is N#Cc1nnc2c(Br)c[nH]n2c1=O. The van der Waals surface area contributed by atoms with Crippen molar-refractivity contribution in [2.24, 2.45) is 0 Å². The van der Waals surface area contributed by atoms with Crippen LogP contribution < -0.4 is 5.56 Å². The van der Waals surface area contributed by atoms with Crippen molar-refractivity contribution in [3.63, 3.8) is 0 Å². The van der Waals surface area contributed by atoms with E-state index < -0.39 is 5.56 Å². The van der Waals surface area contributed by atoms with Gasteiger partial charge in [0.2, 0.25) is 5.69 Å². The van der Waals surface area contributed by atoms with Crippen molar-refractivity contribution in [3.05, 3.63) is 26.7 Å². The number of aromatic nitrogens is 4. The van der Waals surface area contributed by atoms with Gasteiger partial charge in [-0.05, 0) is 15.9 Å². The quantitative estimate of drug-likeness (QED) is 0.704. The van der Waals surface area contributed by atoms with Gasteiger partial charge in [-0.25, -0.2) is 0 Å². The van der Waals surface area contributed by atoms with E-state index in [1.807, 2.05) is 0 Å². The Morgan fingerprint density at radius 2 is 2.38 bits per heavy atom. The summed E-state index contributed by atoms with van der Waals surface area (Å²) in [5, 5.41) is 18.3. The molecule has 0 amide bonds. The van der Waals surface area contributed by atoms with Crippen LogP contribution in [0.5, 0.6) is 0 Å². The third kappa shape index (κ3) is 1.03. The summed E-state index contributed by atoms with van der Waals surface area (Å²) in [5.41, 5.74) is -0.367. The lowest BCUT2D eigenvalue weighted by atomic mass is 10.5. The van der Waals surface area contributed by atoms with Crippen LogP contribution in [-0.4, -0.2) is 19.8 Å². The molecule has 0 aliphatic rings. The molecule has 0 unspecified atom stereocenters. The summed E-state index contributed by atoms with van der Waals surface area (Å²) in [6.07, 6.45) is 1.55. The van der Waals surface area contributed by atoms with E-state index in [0.717, 1.165) is 4.52 Å². The molecule has 0 radical (unpaired) electrons. The number of nitrogens with zero attached hydrogens (tertiary/aromatic N) is 4. The Labute approximate surface area is 79.9 Å². The average molecular weight is 240 g/mol. The van der Waals surface area contributed by atoms with E-state index in [1.54, 1.807) is 12.3 Å². The summed E-state index contributed by atoms with van der Waals surface area (Å²) in [6.45, 7) is 0. The zero-order valence-electron chi connectivity index (χ0n) is 6.15. The topological polar surface area (TPSA) is 86.8 Å². The van der Waals surface area contributed by atoms with Crippen LogP contribution in [0.4, 0.5) is 0 Å². The predicted octanol–water partition coefficient (Wildman–Crippen LogP) is 0.0518. The minimum absolute atomic E-state index is 0.230. The summed E-state index contributed by atoms with van der Waals surface area (Å²) in [7, 11) is 0. The van der Waals surface area contributed by atoms with E-state index in [-0.39, 0.29) is 5.69 Å². The standard InChI is InChI=1S/C6H2BrN5O/c7-3-2-9-12-5(3)11-10-4(1-8)6(12)13/h2,9H. The molecule has 2 rings (SSSR count). The van der Waals surface area contributed by atoms with Crippen LogP contribution >= 0.6 is 15.9 Å². The first kappa shape index (κ1) is 7.94. The van der Waals surface area contributed by atoms with E-state index in [9.17, 15) is 4.79 Å². The van der Waals surface area contributed by atoms with Gasteiger partial charge in [0.25, 0.3) is 0 Å². The highest BCUT2D eigenvalue weighted by Crippen LogP contribution is 2.11. The zero-order chi connectivity index (χ0) is 9.42. The number of halogens is 1. The molecule has 64 valence electrons. The number of fused-ring (bicyclic) bond motifs is 1. The highest BCUT2D eigenvalue weighted by molar-refractivity contribution is 9.10. The number of hydrogen-bond acceptors (Lipinski definition) is 4. The molecular weight excluding hydrogens is 238 g/mol. The molecule has 2 aromatic heterocycles. The molecule has 0 aliphatic heterocycles. The number of rotatable bonds is 0.